The van der Waals surface area contributed by atoms with Crippen molar-refractivity contribution >= 4 is 21.8 Å². The lowest BCUT2D eigenvalue weighted by Crippen LogP contribution is -2.28. The molecule has 1 amide bonds. The largest absolute Gasteiger partial charge is 0.483 e. The number of ether oxygens (including phenoxy) is 1. The van der Waals surface area contributed by atoms with Gasteiger partial charge in [-0.05, 0) is 45.8 Å². The van der Waals surface area contributed by atoms with E-state index in [0.717, 1.165) is 5.56 Å². The van der Waals surface area contributed by atoms with Crippen molar-refractivity contribution in [3.8, 4) is 5.75 Å². The summed E-state index contributed by atoms with van der Waals surface area (Å²) in [5.41, 5.74) is 0.983. The van der Waals surface area contributed by atoms with Crippen LogP contribution in [0, 0.1) is 5.82 Å². The number of halogens is 2. The molecule has 100 valence electrons. The predicted molar refractivity (Wildman–Crippen MR) is 72.2 cm³/mol. The number of H-pyrrole nitrogens is 1. The zero-order chi connectivity index (χ0) is 13.7. The number of benzene rings is 1. The highest BCUT2D eigenvalue weighted by atomic mass is 79.9. The van der Waals surface area contributed by atoms with Gasteiger partial charge in [0.05, 0.1) is 4.47 Å². The van der Waals surface area contributed by atoms with Gasteiger partial charge in [0.1, 0.15) is 11.6 Å². The Morgan fingerprint density at radius 3 is 2.95 bits per heavy atom. The number of nitrogens with one attached hydrogen (secondary N) is 2. The van der Waals surface area contributed by atoms with Gasteiger partial charge < -0.3 is 15.0 Å². The fourth-order valence-electron chi connectivity index (χ4n) is 1.46. The molecule has 1 aromatic carbocycles. The first kappa shape index (κ1) is 13.6. The molecule has 2 N–H and O–H groups in total. The molecule has 0 radical (unpaired) electrons. The smallest absolute Gasteiger partial charge is 0.258 e. The zero-order valence-corrected chi connectivity index (χ0v) is 11.5. The molecule has 4 nitrogen and oxygen atoms in total. The highest BCUT2D eigenvalue weighted by Crippen LogP contribution is 2.25. The number of rotatable bonds is 5. The van der Waals surface area contributed by atoms with Gasteiger partial charge in [0.2, 0.25) is 0 Å². The van der Waals surface area contributed by atoms with Gasteiger partial charge in [-0.3, -0.25) is 4.79 Å². The highest BCUT2D eigenvalue weighted by molar-refractivity contribution is 9.10. The van der Waals surface area contributed by atoms with Crippen LogP contribution in [0.4, 0.5) is 4.39 Å². The molecule has 0 fully saturated rings. The number of hydrogen-bond acceptors (Lipinski definition) is 2. The Bertz CT molecular complexity index is 558. The van der Waals surface area contributed by atoms with E-state index in [1.165, 1.54) is 18.2 Å². The molecule has 1 aromatic heterocycles. The summed E-state index contributed by atoms with van der Waals surface area (Å²) in [6.07, 6.45) is 3.59. The molecule has 2 aromatic rings. The second-order valence-electron chi connectivity index (χ2n) is 3.86. The van der Waals surface area contributed by atoms with E-state index in [9.17, 15) is 9.18 Å². The van der Waals surface area contributed by atoms with Gasteiger partial charge >= 0.3 is 0 Å². The van der Waals surface area contributed by atoms with E-state index < -0.39 is 0 Å². The Kier molecular flexibility index (Phi) is 4.57. The third-order valence-corrected chi connectivity index (χ3v) is 3.02. The van der Waals surface area contributed by atoms with Crippen molar-refractivity contribution in [1.82, 2.24) is 10.3 Å². The van der Waals surface area contributed by atoms with Crippen molar-refractivity contribution in [2.24, 2.45) is 0 Å². The number of carbonyl (C=O) groups excluding carboxylic acids is 1. The minimum absolute atomic E-state index is 0.116. The molecule has 0 unspecified atom stereocenters. The molecule has 0 spiro atoms. The topological polar surface area (TPSA) is 54.1 Å². The van der Waals surface area contributed by atoms with Crippen molar-refractivity contribution < 1.29 is 13.9 Å². The van der Waals surface area contributed by atoms with Crippen molar-refractivity contribution in [2.75, 3.05) is 6.61 Å². The summed E-state index contributed by atoms with van der Waals surface area (Å²) in [5.74, 6) is -0.174. The Balaban J connectivity index is 1.80. The SMILES string of the molecule is O=C(COc1ccc(F)cc1Br)NCc1cc[nH]c1. The van der Waals surface area contributed by atoms with Crippen LogP contribution < -0.4 is 10.1 Å². The number of aromatic nitrogens is 1. The molecule has 6 heteroatoms. The van der Waals surface area contributed by atoms with E-state index in [1.54, 1.807) is 12.4 Å². The van der Waals surface area contributed by atoms with Gasteiger partial charge in [-0.25, -0.2) is 4.39 Å². The second kappa shape index (κ2) is 6.38. The van der Waals surface area contributed by atoms with Gasteiger partial charge in [0, 0.05) is 18.9 Å². The molecule has 0 saturated carbocycles. The van der Waals surface area contributed by atoms with Crippen LogP contribution in [0.5, 0.6) is 5.75 Å². The number of amides is 1. The second-order valence-corrected chi connectivity index (χ2v) is 4.71. The van der Waals surface area contributed by atoms with E-state index in [2.05, 4.69) is 26.2 Å². The van der Waals surface area contributed by atoms with Crippen molar-refractivity contribution in [3.63, 3.8) is 0 Å². The average molecular weight is 327 g/mol. The number of carbonyl (C=O) groups is 1. The third-order valence-electron chi connectivity index (χ3n) is 2.40. The molecule has 19 heavy (non-hydrogen) atoms. The minimum atomic E-state index is -0.365. The zero-order valence-electron chi connectivity index (χ0n) is 9.95. The fourth-order valence-corrected chi connectivity index (χ4v) is 1.92. The minimum Gasteiger partial charge on any atom is -0.483 e. The Labute approximate surface area is 118 Å². The molecular weight excluding hydrogens is 315 g/mol. The monoisotopic (exact) mass is 326 g/mol. The van der Waals surface area contributed by atoms with E-state index in [-0.39, 0.29) is 18.3 Å². The van der Waals surface area contributed by atoms with Crippen LogP contribution in [0.25, 0.3) is 0 Å². The van der Waals surface area contributed by atoms with Crippen LogP contribution in [0.3, 0.4) is 0 Å². The van der Waals surface area contributed by atoms with Gasteiger partial charge in [-0.2, -0.15) is 0 Å². The standard InChI is InChI=1S/C13H12BrFN2O2/c14-11-5-10(15)1-2-12(11)19-8-13(18)17-7-9-3-4-16-6-9/h1-6,16H,7-8H2,(H,17,18). The van der Waals surface area contributed by atoms with Gasteiger partial charge in [-0.1, -0.05) is 0 Å². The van der Waals surface area contributed by atoms with Crippen molar-refractivity contribution in [3.05, 3.63) is 52.5 Å². The van der Waals surface area contributed by atoms with Crippen LogP contribution in [-0.2, 0) is 11.3 Å². The molecule has 0 aliphatic carbocycles. The van der Waals surface area contributed by atoms with Crippen LogP contribution in [0.15, 0.2) is 41.1 Å². The van der Waals surface area contributed by atoms with Crippen LogP contribution in [0.2, 0.25) is 0 Å². The van der Waals surface area contributed by atoms with Crippen LogP contribution in [0.1, 0.15) is 5.56 Å². The quantitative estimate of drug-likeness (QED) is 0.887. The lowest BCUT2D eigenvalue weighted by Gasteiger charge is -2.08. The van der Waals surface area contributed by atoms with E-state index in [0.29, 0.717) is 16.8 Å². The molecular formula is C13H12BrFN2O2. The first-order chi connectivity index (χ1) is 9.15. The Morgan fingerprint density at radius 2 is 2.26 bits per heavy atom. The summed E-state index contributed by atoms with van der Waals surface area (Å²) >= 11 is 3.17. The van der Waals surface area contributed by atoms with Crippen LogP contribution >= 0.6 is 15.9 Å². The molecule has 0 atom stereocenters. The maximum Gasteiger partial charge on any atom is 0.258 e. The molecule has 0 aliphatic heterocycles. The maximum absolute atomic E-state index is 12.9. The molecule has 0 saturated heterocycles. The van der Waals surface area contributed by atoms with Crippen LogP contribution in [-0.4, -0.2) is 17.5 Å². The maximum atomic E-state index is 12.9. The Morgan fingerprint density at radius 1 is 1.42 bits per heavy atom. The summed E-state index contributed by atoms with van der Waals surface area (Å²) in [5, 5.41) is 2.71. The summed E-state index contributed by atoms with van der Waals surface area (Å²) in [7, 11) is 0. The number of aromatic amines is 1. The molecule has 0 bridgehead atoms. The van der Waals surface area contributed by atoms with Gasteiger partial charge in [-0.15, -0.1) is 0 Å². The summed E-state index contributed by atoms with van der Waals surface area (Å²) in [4.78, 5) is 14.5. The Hall–Kier alpha value is -1.82. The average Bonchev–Trinajstić information content (AvgIpc) is 2.88. The third kappa shape index (κ3) is 4.10. The summed E-state index contributed by atoms with van der Waals surface area (Å²) in [6.45, 7) is 0.324. The van der Waals surface area contributed by atoms with Gasteiger partial charge in [0.25, 0.3) is 5.91 Å². The highest BCUT2D eigenvalue weighted by Gasteiger charge is 2.06. The van der Waals surface area contributed by atoms with Crippen molar-refractivity contribution in [2.45, 2.75) is 6.54 Å². The lowest BCUT2D eigenvalue weighted by molar-refractivity contribution is -0.123. The molecule has 2 rings (SSSR count). The fraction of sp³-hybridized carbons (Fsp3) is 0.154. The van der Waals surface area contributed by atoms with E-state index in [1.807, 2.05) is 6.07 Å². The lowest BCUT2D eigenvalue weighted by atomic mass is 10.3. The summed E-state index contributed by atoms with van der Waals surface area (Å²) < 4.78 is 18.6. The van der Waals surface area contributed by atoms with E-state index in [4.69, 9.17) is 4.74 Å². The number of hydrogen-bond donors (Lipinski definition) is 2. The van der Waals surface area contributed by atoms with Gasteiger partial charge in [0.15, 0.2) is 6.61 Å². The van der Waals surface area contributed by atoms with E-state index >= 15 is 0 Å². The molecule has 0 aliphatic rings. The summed E-state index contributed by atoms with van der Waals surface area (Å²) in [6, 6.07) is 5.90. The predicted octanol–water partition coefficient (Wildman–Crippen LogP) is 2.61. The first-order valence-corrected chi connectivity index (χ1v) is 6.40. The van der Waals surface area contributed by atoms with Crippen molar-refractivity contribution in [1.29, 1.82) is 0 Å². The normalized spacial score (nSPS) is 10.2. The first-order valence-electron chi connectivity index (χ1n) is 5.61. The molecule has 1 heterocycles.